The van der Waals surface area contributed by atoms with Gasteiger partial charge in [-0.2, -0.15) is 0 Å². The summed E-state index contributed by atoms with van der Waals surface area (Å²) in [5.41, 5.74) is 3.67. The van der Waals surface area contributed by atoms with Crippen LogP contribution in [0.25, 0.3) is 0 Å². The van der Waals surface area contributed by atoms with E-state index in [1.54, 1.807) is 11.1 Å². The zero-order valence-corrected chi connectivity index (χ0v) is 19.3. The number of allylic oxidation sites excluding steroid dienone is 4. The molecule has 0 N–H and O–H groups in total. The molecule has 0 nitrogen and oxygen atoms in total. The Bertz CT molecular complexity index is 451. The average molecular weight is 361 g/mol. The van der Waals surface area contributed by atoms with E-state index in [2.05, 4.69) is 67.5 Å². The molecule has 0 amide bonds. The van der Waals surface area contributed by atoms with Crippen LogP contribution in [0, 0.1) is 29.1 Å². The molecule has 0 bridgehead atoms. The number of rotatable bonds is 5. The first-order valence-corrected chi connectivity index (χ1v) is 11.5. The van der Waals surface area contributed by atoms with Gasteiger partial charge < -0.3 is 0 Å². The lowest BCUT2D eigenvalue weighted by Gasteiger charge is -2.34. The van der Waals surface area contributed by atoms with Gasteiger partial charge in [-0.3, -0.25) is 0 Å². The van der Waals surface area contributed by atoms with Crippen molar-refractivity contribution in [2.75, 3.05) is 0 Å². The lowest BCUT2D eigenvalue weighted by atomic mass is 9.71. The maximum absolute atomic E-state index is 2.64. The second-order valence-corrected chi connectivity index (χ2v) is 10.3. The quantitative estimate of drug-likeness (QED) is 0.429. The highest BCUT2D eigenvalue weighted by Crippen LogP contribution is 2.39. The fourth-order valence-corrected chi connectivity index (χ4v) is 4.99. The molecule has 4 atom stereocenters. The van der Waals surface area contributed by atoms with Gasteiger partial charge in [-0.1, -0.05) is 97.4 Å². The molecule has 0 radical (unpaired) electrons. The Morgan fingerprint density at radius 2 is 1.73 bits per heavy atom. The normalized spacial score (nSPS) is 30.3. The Kier molecular flexibility index (Phi) is 10.3. The summed E-state index contributed by atoms with van der Waals surface area (Å²) in [6, 6.07) is 0. The fraction of sp³-hybridized carbons (Fsp3) is 0.846. The van der Waals surface area contributed by atoms with Gasteiger partial charge in [0, 0.05) is 0 Å². The first kappa shape index (κ1) is 23.5. The van der Waals surface area contributed by atoms with Crippen LogP contribution in [0.2, 0.25) is 0 Å². The molecule has 4 unspecified atom stereocenters. The van der Waals surface area contributed by atoms with Gasteiger partial charge in [-0.15, -0.1) is 0 Å². The molecule has 0 aliphatic heterocycles. The third-order valence-electron chi connectivity index (χ3n) is 6.93. The summed E-state index contributed by atoms with van der Waals surface area (Å²) in [6.45, 7) is 19.5. The van der Waals surface area contributed by atoms with Crippen molar-refractivity contribution in [3.05, 3.63) is 23.3 Å². The molecule has 0 aromatic carbocycles. The van der Waals surface area contributed by atoms with E-state index in [4.69, 9.17) is 0 Å². The van der Waals surface area contributed by atoms with Crippen molar-refractivity contribution >= 4 is 0 Å². The average Bonchev–Trinajstić information content (AvgIpc) is 2.54. The van der Waals surface area contributed by atoms with Crippen molar-refractivity contribution in [1.82, 2.24) is 0 Å². The van der Waals surface area contributed by atoms with E-state index in [1.165, 1.54) is 51.4 Å². The molecule has 1 aliphatic carbocycles. The minimum Gasteiger partial charge on any atom is -0.0859 e. The molecule has 0 aromatic heterocycles. The third kappa shape index (κ3) is 8.45. The summed E-state index contributed by atoms with van der Waals surface area (Å²) in [4.78, 5) is 0. The Labute approximate surface area is 165 Å². The van der Waals surface area contributed by atoms with Gasteiger partial charge >= 0.3 is 0 Å². The Balaban J connectivity index is 2.93. The molecule has 0 heterocycles. The molecule has 0 spiro atoms. The molecular formula is C26H48. The van der Waals surface area contributed by atoms with Crippen LogP contribution >= 0.6 is 0 Å². The highest BCUT2D eigenvalue weighted by molar-refractivity contribution is 5.12. The Hall–Kier alpha value is -0.520. The van der Waals surface area contributed by atoms with Crippen molar-refractivity contribution in [2.45, 2.75) is 113 Å². The van der Waals surface area contributed by atoms with Crippen molar-refractivity contribution in [3.8, 4) is 0 Å². The highest BCUT2D eigenvalue weighted by atomic mass is 14.3. The zero-order valence-electron chi connectivity index (χ0n) is 19.3. The van der Waals surface area contributed by atoms with Gasteiger partial charge in [0.05, 0.1) is 0 Å². The van der Waals surface area contributed by atoms with Gasteiger partial charge in [0.2, 0.25) is 0 Å². The van der Waals surface area contributed by atoms with Crippen molar-refractivity contribution in [3.63, 3.8) is 0 Å². The summed E-state index contributed by atoms with van der Waals surface area (Å²) in [6.07, 6.45) is 17.0. The topological polar surface area (TPSA) is 0 Å². The predicted molar refractivity (Wildman–Crippen MR) is 120 cm³/mol. The van der Waals surface area contributed by atoms with Crippen LogP contribution in [0.4, 0.5) is 0 Å². The van der Waals surface area contributed by atoms with E-state index in [9.17, 15) is 0 Å². The second kappa shape index (κ2) is 11.4. The van der Waals surface area contributed by atoms with E-state index in [1.807, 2.05) is 0 Å². The second-order valence-electron chi connectivity index (χ2n) is 10.3. The van der Waals surface area contributed by atoms with E-state index in [-0.39, 0.29) is 0 Å². The molecular weight excluding hydrogens is 312 g/mol. The van der Waals surface area contributed by atoms with Gasteiger partial charge in [0.15, 0.2) is 0 Å². The van der Waals surface area contributed by atoms with Crippen molar-refractivity contribution in [2.24, 2.45) is 29.1 Å². The molecule has 0 heteroatoms. The molecule has 0 saturated carbocycles. The molecule has 1 aliphatic rings. The van der Waals surface area contributed by atoms with Crippen LogP contribution in [-0.4, -0.2) is 0 Å². The largest absolute Gasteiger partial charge is 0.0859 e. The van der Waals surface area contributed by atoms with Crippen LogP contribution in [0.5, 0.6) is 0 Å². The van der Waals surface area contributed by atoms with Crippen molar-refractivity contribution in [1.29, 1.82) is 0 Å². The molecule has 26 heavy (non-hydrogen) atoms. The molecule has 0 aromatic rings. The molecule has 0 fully saturated rings. The lowest BCUT2D eigenvalue weighted by Crippen LogP contribution is -2.23. The molecule has 0 saturated heterocycles. The standard InChI is InChI=1S/C26H48/c1-9-13-21(3)18-26(7,8)19-25-17-11-10-14-20(2)15-12-16-22(4)23(5)24(25)6/h13,17,20,22-24H,9-12,14-16,18-19H2,1-8H3. The van der Waals surface area contributed by atoms with Crippen LogP contribution in [0.15, 0.2) is 23.3 Å². The minimum atomic E-state index is 0.364. The van der Waals surface area contributed by atoms with Gasteiger partial charge in [0.25, 0.3) is 0 Å². The van der Waals surface area contributed by atoms with Crippen LogP contribution in [-0.2, 0) is 0 Å². The maximum Gasteiger partial charge on any atom is -0.0203 e. The van der Waals surface area contributed by atoms with Crippen molar-refractivity contribution < 1.29 is 0 Å². The predicted octanol–water partition coefficient (Wildman–Crippen LogP) is 8.97. The van der Waals surface area contributed by atoms with E-state index < -0.39 is 0 Å². The van der Waals surface area contributed by atoms with E-state index >= 15 is 0 Å². The summed E-state index contributed by atoms with van der Waals surface area (Å²) >= 11 is 0. The first-order valence-electron chi connectivity index (χ1n) is 11.5. The minimum absolute atomic E-state index is 0.364. The van der Waals surface area contributed by atoms with Crippen LogP contribution in [0.3, 0.4) is 0 Å². The SMILES string of the molecule is CCC=C(C)CC(C)(C)CC1=CCCCC(C)CCCC(C)C(C)C1C. The molecule has 152 valence electrons. The highest BCUT2D eigenvalue weighted by Gasteiger charge is 2.27. The van der Waals surface area contributed by atoms with Crippen LogP contribution in [0.1, 0.15) is 113 Å². The third-order valence-corrected chi connectivity index (χ3v) is 6.93. The Morgan fingerprint density at radius 3 is 2.38 bits per heavy atom. The van der Waals surface area contributed by atoms with Gasteiger partial charge in [0.1, 0.15) is 0 Å². The zero-order chi connectivity index (χ0) is 19.7. The summed E-state index contributed by atoms with van der Waals surface area (Å²) in [5.74, 6) is 3.25. The monoisotopic (exact) mass is 360 g/mol. The molecule has 1 rings (SSSR count). The Morgan fingerprint density at radius 1 is 1.08 bits per heavy atom. The first-order chi connectivity index (χ1) is 12.2. The van der Waals surface area contributed by atoms with E-state index in [0.717, 1.165) is 30.1 Å². The lowest BCUT2D eigenvalue weighted by molar-refractivity contribution is 0.257. The maximum atomic E-state index is 2.64. The van der Waals surface area contributed by atoms with Gasteiger partial charge in [-0.25, -0.2) is 0 Å². The van der Waals surface area contributed by atoms with Crippen LogP contribution < -0.4 is 0 Å². The van der Waals surface area contributed by atoms with Gasteiger partial charge in [-0.05, 0) is 68.1 Å². The number of hydrogen-bond acceptors (Lipinski definition) is 0. The summed E-state index contributed by atoms with van der Waals surface area (Å²) in [7, 11) is 0. The summed E-state index contributed by atoms with van der Waals surface area (Å²) < 4.78 is 0. The van der Waals surface area contributed by atoms with E-state index in [0.29, 0.717) is 5.41 Å². The number of hydrogen-bond donors (Lipinski definition) is 0. The summed E-state index contributed by atoms with van der Waals surface area (Å²) in [5, 5.41) is 0. The smallest absolute Gasteiger partial charge is 0.0203 e. The fourth-order valence-electron chi connectivity index (χ4n) is 4.99.